The van der Waals surface area contributed by atoms with E-state index in [1.165, 1.54) is 17.1 Å². The first-order valence-corrected chi connectivity index (χ1v) is 6.94. The van der Waals surface area contributed by atoms with Crippen LogP contribution in [0.3, 0.4) is 0 Å². The number of rotatable bonds is 5. The fraction of sp³-hybridized carbons (Fsp3) is 0.308. The third-order valence-corrected chi connectivity index (χ3v) is 2.85. The molecule has 0 fully saturated rings. The van der Waals surface area contributed by atoms with E-state index in [2.05, 4.69) is 26.2 Å². The van der Waals surface area contributed by atoms with Crippen LogP contribution >= 0.6 is 11.6 Å². The molecular formula is C13H15ClN6O2. The van der Waals surface area contributed by atoms with Gasteiger partial charge in [0.2, 0.25) is 5.91 Å². The highest BCUT2D eigenvalue weighted by molar-refractivity contribution is 6.31. The molecule has 1 aromatic heterocycles. The first kappa shape index (κ1) is 15.9. The summed E-state index contributed by atoms with van der Waals surface area (Å²) in [5.74, 6) is -0.655. The number of tetrazole rings is 1. The van der Waals surface area contributed by atoms with Gasteiger partial charge in [0.15, 0.2) is 0 Å². The van der Waals surface area contributed by atoms with Crippen LogP contribution in [0.2, 0.25) is 5.02 Å². The van der Waals surface area contributed by atoms with Gasteiger partial charge in [-0.3, -0.25) is 9.59 Å². The van der Waals surface area contributed by atoms with Gasteiger partial charge in [-0.2, -0.15) is 0 Å². The van der Waals surface area contributed by atoms with Crippen molar-refractivity contribution in [3.05, 3.63) is 35.1 Å². The summed E-state index contributed by atoms with van der Waals surface area (Å²) < 4.78 is 1.27. The highest BCUT2D eigenvalue weighted by Crippen LogP contribution is 2.21. The molecule has 9 heteroatoms. The standard InChI is InChI=1S/C13H15ClN6O2/c1-8(2)16-13(22)10-4-3-9(14)5-11(10)17-12(21)6-20-7-15-18-19-20/h3-5,7-8H,6H2,1-2H3,(H,16,22)(H,17,21). The minimum atomic E-state index is -0.367. The van der Waals surface area contributed by atoms with E-state index in [0.29, 0.717) is 16.3 Å². The molecular weight excluding hydrogens is 308 g/mol. The summed E-state index contributed by atoms with van der Waals surface area (Å²) in [6.07, 6.45) is 1.32. The molecule has 1 heterocycles. The molecule has 2 rings (SSSR count). The average Bonchev–Trinajstić information content (AvgIpc) is 2.90. The first-order valence-electron chi connectivity index (χ1n) is 6.56. The van der Waals surface area contributed by atoms with Crippen LogP contribution in [0.25, 0.3) is 0 Å². The van der Waals surface area contributed by atoms with Crippen molar-refractivity contribution in [3.8, 4) is 0 Å². The Hall–Kier alpha value is -2.48. The van der Waals surface area contributed by atoms with Gasteiger partial charge in [-0.25, -0.2) is 4.68 Å². The van der Waals surface area contributed by atoms with Crippen LogP contribution in [-0.4, -0.2) is 38.1 Å². The zero-order valence-corrected chi connectivity index (χ0v) is 12.8. The van der Waals surface area contributed by atoms with E-state index in [-0.39, 0.29) is 24.4 Å². The maximum Gasteiger partial charge on any atom is 0.253 e. The third kappa shape index (κ3) is 4.26. The van der Waals surface area contributed by atoms with Crippen LogP contribution in [-0.2, 0) is 11.3 Å². The summed E-state index contributed by atoms with van der Waals surface area (Å²) in [7, 11) is 0. The number of nitrogens with one attached hydrogen (secondary N) is 2. The number of aromatic nitrogens is 4. The van der Waals surface area contributed by atoms with Gasteiger partial charge in [0, 0.05) is 11.1 Å². The molecule has 8 nitrogen and oxygen atoms in total. The molecule has 0 atom stereocenters. The highest BCUT2D eigenvalue weighted by Gasteiger charge is 2.15. The van der Waals surface area contributed by atoms with Crippen LogP contribution < -0.4 is 10.6 Å². The fourth-order valence-corrected chi connectivity index (χ4v) is 1.92. The van der Waals surface area contributed by atoms with Crippen molar-refractivity contribution < 1.29 is 9.59 Å². The van der Waals surface area contributed by atoms with Crippen molar-refractivity contribution in [3.63, 3.8) is 0 Å². The lowest BCUT2D eigenvalue weighted by molar-refractivity contribution is -0.116. The minimum Gasteiger partial charge on any atom is -0.350 e. The van der Waals surface area contributed by atoms with E-state index in [0.717, 1.165) is 0 Å². The number of hydrogen-bond acceptors (Lipinski definition) is 5. The number of nitrogens with zero attached hydrogens (tertiary/aromatic N) is 4. The van der Waals surface area contributed by atoms with E-state index in [1.807, 2.05) is 13.8 Å². The van der Waals surface area contributed by atoms with Crippen molar-refractivity contribution >= 4 is 29.1 Å². The first-order chi connectivity index (χ1) is 10.5. The Morgan fingerprint density at radius 2 is 2.14 bits per heavy atom. The summed E-state index contributed by atoms with van der Waals surface area (Å²) in [6, 6.07) is 4.65. The SMILES string of the molecule is CC(C)NC(=O)c1ccc(Cl)cc1NC(=O)Cn1cnnn1. The van der Waals surface area contributed by atoms with Crippen molar-refractivity contribution in [1.29, 1.82) is 0 Å². The van der Waals surface area contributed by atoms with E-state index in [4.69, 9.17) is 11.6 Å². The maximum absolute atomic E-state index is 12.1. The number of hydrogen-bond donors (Lipinski definition) is 2. The van der Waals surface area contributed by atoms with Crippen molar-refractivity contribution in [1.82, 2.24) is 25.5 Å². The van der Waals surface area contributed by atoms with Crippen molar-refractivity contribution in [2.45, 2.75) is 26.4 Å². The number of amides is 2. The topological polar surface area (TPSA) is 102 Å². The molecule has 1 aromatic carbocycles. The Labute approximate surface area is 131 Å². The van der Waals surface area contributed by atoms with Crippen LogP contribution in [0, 0.1) is 0 Å². The van der Waals surface area contributed by atoms with Crippen LogP contribution in [0.1, 0.15) is 24.2 Å². The van der Waals surface area contributed by atoms with Gasteiger partial charge in [-0.05, 0) is 42.5 Å². The molecule has 22 heavy (non-hydrogen) atoms. The van der Waals surface area contributed by atoms with E-state index in [9.17, 15) is 9.59 Å². The lowest BCUT2D eigenvalue weighted by Gasteiger charge is -2.13. The Morgan fingerprint density at radius 3 is 2.77 bits per heavy atom. The predicted molar refractivity (Wildman–Crippen MR) is 80.5 cm³/mol. The largest absolute Gasteiger partial charge is 0.350 e. The maximum atomic E-state index is 12.1. The summed E-state index contributed by atoms with van der Waals surface area (Å²) >= 11 is 5.93. The lowest BCUT2D eigenvalue weighted by atomic mass is 10.1. The van der Waals surface area contributed by atoms with E-state index < -0.39 is 0 Å². The molecule has 2 N–H and O–H groups in total. The molecule has 0 saturated carbocycles. The predicted octanol–water partition coefficient (Wildman–Crippen LogP) is 1.10. The van der Waals surface area contributed by atoms with Gasteiger partial charge in [0.1, 0.15) is 12.9 Å². The number of carbonyl (C=O) groups is 2. The summed E-state index contributed by atoms with van der Waals surface area (Å²) in [5, 5.41) is 16.3. The molecule has 0 aliphatic heterocycles. The molecule has 116 valence electrons. The second kappa shape index (κ2) is 6.99. The van der Waals surface area contributed by atoms with Gasteiger partial charge in [-0.1, -0.05) is 11.6 Å². The molecule has 0 unspecified atom stereocenters. The highest BCUT2D eigenvalue weighted by atomic mass is 35.5. The molecule has 0 saturated heterocycles. The molecule has 0 radical (unpaired) electrons. The van der Waals surface area contributed by atoms with Crippen molar-refractivity contribution in [2.24, 2.45) is 0 Å². The monoisotopic (exact) mass is 322 g/mol. The second-order valence-electron chi connectivity index (χ2n) is 4.87. The van der Waals surface area contributed by atoms with Crippen LogP contribution in [0.15, 0.2) is 24.5 Å². The normalized spacial score (nSPS) is 10.5. The number of anilines is 1. The number of carbonyl (C=O) groups excluding carboxylic acids is 2. The summed E-state index contributed by atoms with van der Waals surface area (Å²) in [6.45, 7) is 3.64. The van der Waals surface area contributed by atoms with Gasteiger partial charge in [0.25, 0.3) is 5.91 Å². The zero-order valence-electron chi connectivity index (χ0n) is 12.1. The van der Waals surface area contributed by atoms with Gasteiger partial charge < -0.3 is 10.6 Å². The number of halogens is 1. The van der Waals surface area contributed by atoms with Gasteiger partial charge >= 0.3 is 0 Å². The molecule has 0 aliphatic rings. The molecule has 2 aromatic rings. The summed E-state index contributed by atoms with van der Waals surface area (Å²) in [5.41, 5.74) is 0.673. The van der Waals surface area contributed by atoms with Gasteiger partial charge in [-0.15, -0.1) is 5.10 Å². The van der Waals surface area contributed by atoms with E-state index in [1.54, 1.807) is 12.1 Å². The summed E-state index contributed by atoms with van der Waals surface area (Å²) in [4.78, 5) is 24.1. The van der Waals surface area contributed by atoms with E-state index >= 15 is 0 Å². The average molecular weight is 323 g/mol. The van der Waals surface area contributed by atoms with Gasteiger partial charge in [0.05, 0.1) is 11.3 Å². The van der Waals surface area contributed by atoms with Crippen molar-refractivity contribution in [2.75, 3.05) is 5.32 Å². The smallest absolute Gasteiger partial charge is 0.253 e. The molecule has 0 bridgehead atoms. The quantitative estimate of drug-likeness (QED) is 0.858. The van der Waals surface area contributed by atoms with Crippen LogP contribution in [0.5, 0.6) is 0 Å². The Balaban J connectivity index is 2.16. The number of benzene rings is 1. The fourth-order valence-electron chi connectivity index (χ4n) is 1.75. The molecule has 2 amide bonds. The zero-order chi connectivity index (χ0) is 16.1. The Kier molecular flexibility index (Phi) is 5.05. The molecule has 0 aliphatic carbocycles. The molecule has 0 spiro atoms. The lowest BCUT2D eigenvalue weighted by Crippen LogP contribution is -2.31. The third-order valence-electron chi connectivity index (χ3n) is 2.62. The Bertz CT molecular complexity index is 671. The Morgan fingerprint density at radius 1 is 1.36 bits per heavy atom. The second-order valence-corrected chi connectivity index (χ2v) is 5.31. The van der Waals surface area contributed by atoms with Crippen LogP contribution in [0.4, 0.5) is 5.69 Å². The minimum absolute atomic E-state index is 0.0204.